The summed E-state index contributed by atoms with van der Waals surface area (Å²) < 4.78 is 13.6. The van der Waals surface area contributed by atoms with E-state index in [2.05, 4.69) is 31.2 Å². The van der Waals surface area contributed by atoms with Gasteiger partial charge in [-0.25, -0.2) is 14.4 Å². The number of nitrogens with one attached hydrogen (secondary N) is 1. The molecule has 1 N–H and O–H groups in total. The van der Waals surface area contributed by atoms with Gasteiger partial charge in [0.25, 0.3) is 0 Å². The fourth-order valence-electron chi connectivity index (χ4n) is 2.15. The average Bonchev–Trinajstić information content (AvgIpc) is 2.81. The molecule has 0 saturated heterocycles. The lowest BCUT2D eigenvalue weighted by Crippen LogP contribution is -2.02. The van der Waals surface area contributed by atoms with Crippen molar-refractivity contribution in [3.05, 3.63) is 44.9 Å². The highest BCUT2D eigenvalue weighted by molar-refractivity contribution is 9.10. The maximum atomic E-state index is 13.0. The van der Waals surface area contributed by atoms with Gasteiger partial charge in [-0.3, -0.25) is 0 Å². The SMILES string of the molecule is Fc1ccc(Nc2nc(Cl)c3c(n2)CCC3)c(Br)c1. The van der Waals surface area contributed by atoms with E-state index < -0.39 is 0 Å². The van der Waals surface area contributed by atoms with E-state index in [1.54, 1.807) is 6.07 Å². The second kappa shape index (κ2) is 5.06. The van der Waals surface area contributed by atoms with E-state index in [-0.39, 0.29) is 5.82 Å². The smallest absolute Gasteiger partial charge is 0.228 e. The molecule has 98 valence electrons. The van der Waals surface area contributed by atoms with Gasteiger partial charge in [-0.15, -0.1) is 0 Å². The molecule has 6 heteroatoms. The monoisotopic (exact) mass is 341 g/mol. The Hall–Kier alpha value is -1.20. The Bertz CT molecular complexity index is 648. The van der Waals surface area contributed by atoms with Gasteiger partial charge in [0.2, 0.25) is 5.95 Å². The molecule has 1 aromatic heterocycles. The summed E-state index contributed by atoms with van der Waals surface area (Å²) >= 11 is 9.44. The van der Waals surface area contributed by atoms with Crippen molar-refractivity contribution in [1.82, 2.24) is 9.97 Å². The van der Waals surface area contributed by atoms with Crippen LogP contribution in [0.1, 0.15) is 17.7 Å². The van der Waals surface area contributed by atoms with Crippen molar-refractivity contribution in [2.24, 2.45) is 0 Å². The lowest BCUT2D eigenvalue weighted by atomic mass is 10.3. The average molecular weight is 343 g/mol. The molecule has 0 aliphatic heterocycles. The zero-order chi connectivity index (χ0) is 13.4. The predicted molar refractivity (Wildman–Crippen MR) is 76.4 cm³/mol. The largest absolute Gasteiger partial charge is 0.323 e. The molecule has 0 fully saturated rings. The van der Waals surface area contributed by atoms with Crippen LogP contribution in [0, 0.1) is 5.82 Å². The van der Waals surface area contributed by atoms with Gasteiger partial charge in [-0.05, 0) is 53.4 Å². The molecular weight excluding hydrogens is 333 g/mol. The number of fused-ring (bicyclic) bond motifs is 1. The fourth-order valence-corrected chi connectivity index (χ4v) is 2.89. The number of rotatable bonds is 2. The van der Waals surface area contributed by atoms with Gasteiger partial charge in [0.1, 0.15) is 11.0 Å². The van der Waals surface area contributed by atoms with Crippen LogP contribution in [-0.4, -0.2) is 9.97 Å². The molecule has 3 nitrogen and oxygen atoms in total. The Balaban J connectivity index is 1.93. The summed E-state index contributed by atoms with van der Waals surface area (Å²) in [6.45, 7) is 0. The molecule has 1 aliphatic rings. The highest BCUT2D eigenvalue weighted by Gasteiger charge is 2.18. The van der Waals surface area contributed by atoms with Crippen LogP contribution in [0.15, 0.2) is 22.7 Å². The van der Waals surface area contributed by atoms with Crippen LogP contribution < -0.4 is 5.32 Å². The Morgan fingerprint density at radius 1 is 1.26 bits per heavy atom. The number of anilines is 2. The Morgan fingerprint density at radius 2 is 2.11 bits per heavy atom. The Labute approximate surface area is 123 Å². The third-order valence-corrected chi connectivity index (χ3v) is 4.03. The van der Waals surface area contributed by atoms with Crippen LogP contribution in [-0.2, 0) is 12.8 Å². The van der Waals surface area contributed by atoms with E-state index in [9.17, 15) is 4.39 Å². The molecule has 0 unspecified atom stereocenters. The predicted octanol–water partition coefficient (Wildman–Crippen LogP) is 4.26. The van der Waals surface area contributed by atoms with Crippen molar-refractivity contribution < 1.29 is 4.39 Å². The molecule has 1 heterocycles. The van der Waals surface area contributed by atoms with Gasteiger partial charge in [-0.2, -0.15) is 0 Å². The first kappa shape index (κ1) is 12.8. The maximum absolute atomic E-state index is 13.0. The first-order chi connectivity index (χ1) is 9.13. The molecular formula is C13H10BrClFN3. The second-order valence-electron chi connectivity index (χ2n) is 4.37. The van der Waals surface area contributed by atoms with Gasteiger partial charge in [0.05, 0.1) is 11.4 Å². The summed E-state index contributed by atoms with van der Waals surface area (Å²) in [4.78, 5) is 8.68. The molecule has 0 spiro atoms. The van der Waals surface area contributed by atoms with Crippen LogP contribution in [0.5, 0.6) is 0 Å². The van der Waals surface area contributed by atoms with E-state index >= 15 is 0 Å². The molecule has 2 aromatic rings. The van der Waals surface area contributed by atoms with Gasteiger partial charge >= 0.3 is 0 Å². The molecule has 0 saturated carbocycles. The van der Waals surface area contributed by atoms with Crippen molar-refractivity contribution in [1.29, 1.82) is 0 Å². The third kappa shape index (κ3) is 2.58. The second-order valence-corrected chi connectivity index (χ2v) is 5.58. The zero-order valence-electron chi connectivity index (χ0n) is 9.88. The molecule has 0 amide bonds. The van der Waals surface area contributed by atoms with Gasteiger partial charge < -0.3 is 5.32 Å². The van der Waals surface area contributed by atoms with Crippen molar-refractivity contribution >= 4 is 39.2 Å². The lowest BCUT2D eigenvalue weighted by molar-refractivity contribution is 0.627. The normalized spacial score (nSPS) is 13.4. The minimum absolute atomic E-state index is 0.301. The van der Waals surface area contributed by atoms with Crippen LogP contribution in [0.3, 0.4) is 0 Å². The summed E-state index contributed by atoms with van der Waals surface area (Å²) in [6.07, 6.45) is 2.93. The van der Waals surface area contributed by atoms with Crippen molar-refractivity contribution in [3.8, 4) is 0 Å². The zero-order valence-corrected chi connectivity index (χ0v) is 12.2. The quantitative estimate of drug-likeness (QED) is 0.829. The number of aryl methyl sites for hydroxylation is 1. The molecule has 19 heavy (non-hydrogen) atoms. The molecule has 1 aliphatic carbocycles. The van der Waals surface area contributed by atoms with Crippen molar-refractivity contribution in [2.45, 2.75) is 19.3 Å². The third-order valence-electron chi connectivity index (χ3n) is 3.06. The Kier molecular flexibility index (Phi) is 3.41. The minimum atomic E-state index is -0.301. The van der Waals surface area contributed by atoms with E-state index in [0.29, 0.717) is 21.3 Å². The minimum Gasteiger partial charge on any atom is -0.323 e. The van der Waals surface area contributed by atoms with Crippen LogP contribution in [0.4, 0.5) is 16.0 Å². The maximum Gasteiger partial charge on any atom is 0.228 e. The van der Waals surface area contributed by atoms with Crippen molar-refractivity contribution in [2.75, 3.05) is 5.32 Å². The van der Waals surface area contributed by atoms with E-state index in [1.165, 1.54) is 12.1 Å². The van der Waals surface area contributed by atoms with E-state index in [4.69, 9.17) is 11.6 Å². The van der Waals surface area contributed by atoms with Crippen molar-refractivity contribution in [3.63, 3.8) is 0 Å². The number of nitrogens with zero attached hydrogens (tertiary/aromatic N) is 2. The highest BCUT2D eigenvalue weighted by atomic mass is 79.9. The number of hydrogen-bond donors (Lipinski definition) is 1. The van der Waals surface area contributed by atoms with Gasteiger partial charge in [0.15, 0.2) is 0 Å². The molecule has 0 bridgehead atoms. The molecule has 0 atom stereocenters. The van der Waals surface area contributed by atoms with Gasteiger partial charge in [-0.1, -0.05) is 11.6 Å². The topological polar surface area (TPSA) is 37.8 Å². The molecule has 0 radical (unpaired) electrons. The van der Waals surface area contributed by atoms with Crippen LogP contribution in [0.25, 0.3) is 0 Å². The number of benzene rings is 1. The number of aromatic nitrogens is 2. The first-order valence-corrected chi connectivity index (χ1v) is 7.08. The summed E-state index contributed by atoms with van der Waals surface area (Å²) in [7, 11) is 0. The standard InChI is InChI=1S/C13H10BrClFN3/c14-9-6-7(16)4-5-11(9)18-13-17-10-3-1-2-8(10)12(15)19-13/h4-6H,1-3H2,(H,17,18,19). The van der Waals surface area contributed by atoms with E-state index in [0.717, 1.165) is 30.5 Å². The Morgan fingerprint density at radius 3 is 2.89 bits per heavy atom. The summed E-state index contributed by atoms with van der Waals surface area (Å²) in [6, 6.07) is 4.39. The van der Waals surface area contributed by atoms with Crippen LogP contribution in [0.2, 0.25) is 5.15 Å². The van der Waals surface area contributed by atoms with Crippen LogP contribution >= 0.6 is 27.5 Å². The molecule has 3 rings (SSSR count). The summed E-state index contributed by atoms with van der Waals surface area (Å²) in [5.41, 5.74) is 2.75. The number of halogens is 3. The molecule has 1 aromatic carbocycles. The summed E-state index contributed by atoms with van der Waals surface area (Å²) in [5.74, 6) is 0.142. The van der Waals surface area contributed by atoms with E-state index in [1.807, 2.05) is 0 Å². The number of hydrogen-bond acceptors (Lipinski definition) is 3. The first-order valence-electron chi connectivity index (χ1n) is 5.91. The lowest BCUT2D eigenvalue weighted by Gasteiger charge is -2.09. The highest BCUT2D eigenvalue weighted by Crippen LogP contribution is 2.30. The fraction of sp³-hybridized carbons (Fsp3) is 0.231. The van der Waals surface area contributed by atoms with Gasteiger partial charge in [0, 0.05) is 10.0 Å². The summed E-state index contributed by atoms with van der Waals surface area (Å²) in [5, 5.41) is 3.55.